The fourth-order valence-corrected chi connectivity index (χ4v) is 2.35. The van der Waals surface area contributed by atoms with E-state index in [1.807, 2.05) is 55.5 Å². The highest BCUT2D eigenvalue weighted by Crippen LogP contribution is 2.29. The van der Waals surface area contributed by atoms with E-state index >= 15 is 0 Å². The van der Waals surface area contributed by atoms with Gasteiger partial charge in [-0.3, -0.25) is 4.98 Å². The maximum absolute atomic E-state index is 5.53. The van der Waals surface area contributed by atoms with Crippen molar-refractivity contribution >= 4 is 22.3 Å². The van der Waals surface area contributed by atoms with E-state index in [9.17, 15) is 0 Å². The van der Waals surface area contributed by atoms with Crippen LogP contribution in [0.15, 0.2) is 54.7 Å². The van der Waals surface area contributed by atoms with Crippen LogP contribution in [0.5, 0.6) is 11.5 Å². The SMILES string of the molecule is CCOc1ccc2c(Nc3cccc(OC)c3)ccnc2c1. The number of fused-ring (bicyclic) bond motifs is 1. The van der Waals surface area contributed by atoms with Gasteiger partial charge in [-0.05, 0) is 37.3 Å². The van der Waals surface area contributed by atoms with Gasteiger partial charge in [-0.1, -0.05) is 6.07 Å². The summed E-state index contributed by atoms with van der Waals surface area (Å²) in [7, 11) is 1.66. The molecule has 0 spiro atoms. The number of nitrogens with zero attached hydrogens (tertiary/aromatic N) is 1. The molecule has 22 heavy (non-hydrogen) atoms. The third kappa shape index (κ3) is 2.96. The monoisotopic (exact) mass is 294 g/mol. The van der Waals surface area contributed by atoms with Crippen LogP contribution >= 0.6 is 0 Å². The fraction of sp³-hybridized carbons (Fsp3) is 0.167. The molecule has 0 unspecified atom stereocenters. The molecule has 0 aliphatic rings. The Morgan fingerprint density at radius 2 is 1.95 bits per heavy atom. The largest absolute Gasteiger partial charge is 0.497 e. The minimum Gasteiger partial charge on any atom is -0.497 e. The predicted molar refractivity (Wildman–Crippen MR) is 89.2 cm³/mol. The van der Waals surface area contributed by atoms with E-state index in [2.05, 4.69) is 10.3 Å². The van der Waals surface area contributed by atoms with Gasteiger partial charge in [-0.25, -0.2) is 0 Å². The van der Waals surface area contributed by atoms with E-state index < -0.39 is 0 Å². The highest BCUT2D eigenvalue weighted by Gasteiger charge is 2.05. The molecule has 3 aromatic rings. The van der Waals surface area contributed by atoms with Crippen LogP contribution in [0.2, 0.25) is 0 Å². The standard InChI is InChI=1S/C18H18N2O2/c1-3-22-15-7-8-16-17(9-10-19-18(16)12-15)20-13-5-4-6-14(11-13)21-2/h4-12H,3H2,1-2H3,(H,19,20). The number of hydrogen-bond donors (Lipinski definition) is 1. The molecule has 0 radical (unpaired) electrons. The molecule has 0 saturated heterocycles. The molecule has 0 atom stereocenters. The van der Waals surface area contributed by atoms with Gasteiger partial charge in [0, 0.05) is 35.1 Å². The summed E-state index contributed by atoms with van der Waals surface area (Å²) in [5.74, 6) is 1.66. The van der Waals surface area contributed by atoms with Crippen molar-refractivity contribution in [2.75, 3.05) is 19.0 Å². The average Bonchev–Trinajstić information content (AvgIpc) is 2.55. The number of nitrogens with one attached hydrogen (secondary N) is 1. The summed E-state index contributed by atoms with van der Waals surface area (Å²) in [5, 5.41) is 4.46. The third-order valence-electron chi connectivity index (χ3n) is 3.37. The van der Waals surface area contributed by atoms with E-state index in [1.165, 1.54) is 0 Å². The summed E-state index contributed by atoms with van der Waals surface area (Å²) in [6, 6.07) is 15.7. The Balaban J connectivity index is 1.96. The number of hydrogen-bond acceptors (Lipinski definition) is 4. The van der Waals surface area contributed by atoms with E-state index in [-0.39, 0.29) is 0 Å². The maximum atomic E-state index is 5.53. The van der Waals surface area contributed by atoms with Crippen molar-refractivity contribution in [1.29, 1.82) is 0 Å². The van der Waals surface area contributed by atoms with Crippen LogP contribution in [-0.4, -0.2) is 18.7 Å². The van der Waals surface area contributed by atoms with Crippen molar-refractivity contribution in [2.45, 2.75) is 6.92 Å². The molecule has 1 aromatic heterocycles. The number of benzene rings is 2. The van der Waals surface area contributed by atoms with Crippen LogP contribution in [0.4, 0.5) is 11.4 Å². The number of anilines is 2. The minimum absolute atomic E-state index is 0.646. The number of aromatic nitrogens is 1. The van der Waals surface area contributed by atoms with Crippen LogP contribution < -0.4 is 14.8 Å². The second-order valence-electron chi connectivity index (χ2n) is 4.83. The Labute approximate surface area is 129 Å². The van der Waals surface area contributed by atoms with Crippen molar-refractivity contribution in [3.8, 4) is 11.5 Å². The zero-order valence-corrected chi connectivity index (χ0v) is 12.7. The maximum Gasteiger partial charge on any atom is 0.121 e. The molecule has 0 fully saturated rings. The molecule has 4 nitrogen and oxygen atoms in total. The van der Waals surface area contributed by atoms with Crippen LogP contribution in [0.3, 0.4) is 0 Å². The summed E-state index contributed by atoms with van der Waals surface area (Å²) in [5.41, 5.74) is 2.88. The van der Waals surface area contributed by atoms with Crippen LogP contribution in [0.25, 0.3) is 10.9 Å². The first-order valence-electron chi connectivity index (χ1n) is 7.23. The highest BCUT2D eigenvalue weighted by atomic mass is 16.5. The Morgan fingerprint density at radius 1 is 1.05 bits per heavy atom. The molecule has 0 saturated carbocycles. The Hall–Kier alpha value is -2.75. The second kappa shape index (κ2) is 6.35. The van der Waals surface area contributed by atoms with Gasteiger partial charge in [0.2, 0.25) is 0 Å². The topological polar surface area (TPSA) is 43.4 Å². The number of ether oxygens (including phenoxy) is 2. The van der Waals surface area contributed by atoms with Gasteiger partial charge < -0.3 is 14.8 Å². The van der Waals surface area contributed by atoms with Crippen LogP contribution in [0.1, 0.15) is 6.92 Å². The van der Waals surface area contributed by atoms with Gasteiger partial charge in [0.25, 0.3) is 0 Å². The Kier molecular flexibility index (Phi) is 4.10. The summed E-state index contributed by atoms with van der Waals surface area (Å²) >= 11 is 0. The molecule has 0 bridgehead atoms. The minimum atomic E-state index is 0.646. The molecule has 0 aliphatic carbocycles. The Bertz CT molecular complexity index is 787. The number of rotatable bonds is 5. The van der Waals surface area contributed by atoms with E-state index in [0.29, 0.717) is 6.61 Å². The van der Waals surface area contributed by atoms with Gasteiger partial charge in [-0.2, -0.15) is 0 Å². The van der Waals surface area contributed by atoms with Crippen molar-refractivity contribution in [1.82, 2.24) is 4.98 Å². The van der Waals surface area contributed by atoms with Crippen molar-refractivity contribution in [3.05, 3.63) is 54.7 Å². The molecular weight excluding hydrogens is 276 g/mol. The number of methoxy groups -OCH3 is 1. The zero-order chi connectivity index (χ0) is 15.4. The van der Waals surface area contributed by atoms with Gasteiger partial charge >= 0.3 is 0 Å². The van der Waals surface area contributed by atoms with Crippen molar-refractivity contribution in [3.63, 3.8) is 0 Å². The third-order valence-corrected chi connectivity index (χ3v) is 3.37. The Morgan fingerprint density at radius 3 is 2.77 bits per heavy atom. The summed E-state index contributed by atoms with van der Waals surface area (Å²) in [6.45, 7) is 2.62. The lowest BCUT2D eigenvalue weighted by Gasteiger charge is -2.11. The van der Waals surface area contributed by atoms with Crippen molar-refractivity contribution < 1.29 is 9.47 Å². The molecule has 4 heteroatoms. The normalized spacial score (nSPS) is 10.5. The van der Waals surface area contributed by atoms with Gasteiger partial charge in [0.1, 0.15) is 11.5 Å². The summed E-state index contributed by atoms with van der Waals surface area (Å²) < 4.78 is 10.8. The van der Waals surface area contributed by atoms with Gasteiger partial charge in [-0.15, -0.1) is 0 Å². The van der Waals surface area contributed by atoms with E-state index in [1.54, 1.807) is 13.3 Å². The first-order chi connectivity index (χ1) is 10.8. The molecule has 0 amide bonds. The molecule has 0 aliphatic heterocycles. The summed E-state index contributed by atoms with van der Waals surface area (Å²) in [4.78, 5) is 4.42. The molecule has 1 heterocycles. The van der Waals surface area contributed by atoms with Gasteiger partial charge in [0.15, 0.2) is 0 Å². The molecule has 112 valence electrons. The smallest absolute Gasteiger partial charge is 0.121 e. The lowest BCUT2D eigenvalue weighted by Crippen LogP contribution is -1.95. The lowest BCUT2D eigenvalue weighted by molar-refractivity contribution is 0.340. The quantitative estimate of drug-likeness (QED) is 0.758. The van der Waals surface area contributed by atoms with Gasteiger partial charge in [0.05, 0.1) is 19.2 Å². The first-order valence-corrected chi connectivity index (χ1v) is 7.23. The highest BCUT2D eigenvalue weighted by molar-refractivity contribution is 5.93. The van der Waals surface area contributed by atoms with Crippen LogP contribution in [0, 0.1) is 0 Å². The predicted octanol–water partition coefficient (Wildman–Crippen LogP) is 4.39. The second-order valence-corrected chi connectivity index (χ2v) is 4.83. The summed E-state index contributed by atoms with van der Waals surface area (Å²) in [6.07, 6.45) is 1.79. The molecule has 1 N–H and O–H groups in total. The molecule has 3 rings (SSSR count). The van der Waals surface area contributed by atoms with Crippen LogP contribution in [-0.2, 0) is 0 Å². The van der Waals surface area contributed by atoms with E-state index in [0.717, 1.165) is 33.8 Å². The van der Waals surface area contributed by atoms with Crippen molar-refractivity contribution in [2.24, 2.45) is 0 Å². The van der Waals surface area contributed by atoms with E-state index in [4.69, 9.17) is 9.47 Å². The number of pyridine rings is 1. The fourth-order valence-electron chi connectivity index (χ4n) is 2.35. The molecular formula is C18H18N2O2. The lowest BCUT2D eigenvalue weighted by atomic mass is 10.1. The molecule has 2 aromatic carbocycles. The first kappa shape index (κ1) is 14.2. The average molecular weight is 294 g/mol. The zero-order valence-electron chi connectivity index (χ0n) is 12.7.